The molecule has 3 aromatic carbocycles. The van der Waals surface area contributed by atoms with E-state index in [0.29, 0.717) is 16.3 Å². The van der Waals surface area contributed by atoms with Crippen molar-refractivity contribution in [3.63, 3.8) is 0 Å². The van der Waals surface area contributed by atoms with Crippen LogP contribution in [0.15, 0.2) is 84.9 Å². The first-order valence-corrected chi connectivity index (χ1v) is 8.96. The van der Waals surface area contributed by atoms with Gasteiger partial charge in [-0.3, -0.25) is 9.59 Å². The fourth-order valence-corrected chi connectivity index (χ4v) is 2.83. The summed E-state index contributed by atoms with van der Waals surface area (Å²) in [4.78, 5) is 25.1. The van der Waals surface area contributed by atoms with Gasteiger partial charge in [-0.2, -0.15) is 0 Å². The van der Waals surface area contributed by atoms with Gasteiger partial charge in [0.05, 0.1) is 12.5 Å². The second-order valence-corrected chi connectivity index (χ2v) is 6.50. The zero-order chi connectivity index (χ0) is 19.1. The van der Waals surface area contributed by atoms with Crippen molar-refractivity contribution in [1.82, 2.24) is 5.32 Å². The first-order valence-electron chi connectivity index (χ1n) is 8.58. The molecule has 0 aromatic heterocycles. The van der Waals surface area contributed by atoms with Crippen LogP contribution in [0.4, 0.5) is 5.69 Å². The van der Waals surface area contributed by atoms with E-state index in [-0.39, 0.29) is 18.2 Å². The van der Waals surface area contributed by atoms with Gasteiger partial charge >= 0.3 is 0 Å². The van der Waals surface area contributed by atoms with Gasteiger partial charge in [-0.25, -0.2) is 0 Å². The summed E-state index contributed by atoms with van der Waals surface area (Å²) in [6, 6.07) is 24.9. The van der Waals surface area contributed by atoms with E-state index in [1.165, 1.54) is 0 Å². The van der Waals surface area contributed by atoms with Gasteiger partial charge in [0.1, 0.15) is 0 Å². The SMILES string of the molecule is O=C(C[C@H](NC(=O)c1ccccc1)c1ccccc1)Nc1ccc(Cl)cc1. The van der Waals surface area contributed by atoms with Crippen LogP contribution in [0.1, 0.15) is 28.4 Å². The van der Waals surface area contributed by atoms with Crippen molar-refractivity contribution in [1.29, 1.82) is 0 Å². The lowest BCUT2D eigenvalue weighted by atomic mass is 10.0. The second-order valence-electron chi connectivity index (χ2n) is 6.06. The van der Waals surface area contributed by atoms with Crippen molar-refractivity contribution in [2.75, 3.05) is 5.32 Å². The third-order valence-electron chi connectivity index (χ3n) is 4.06. The fourth-order valence-electron chi connectivity index (χ4n) is 2.70. The Morgan fingerprint density at radius 1 is 0.815 bits per heavy atom. The Morgan fingerprint density at radius 2 is 1.41 bits per heavy atom. The molecular formula is C22H19ClN2O2. The molecule has 0 unspecified atom stereocenters. The molecule has 27 heavy (non-hydrogen) atoms. The molecule has 0 fully saturated rings. The highest BCUT2D eigenvalue weighted by Gasteiger charge is 2.19. The normalized spacial score (nSPS) is 11.4. The first kappa shape index (κ1) is 18.7. The minimum Gasteiger partial charge on any atom is -0.345 e. The third-order valence-corrected chi connectivity index (χ3v) is 4.31. The largest absolute Gasteiger partial charge is 0.345 e. The van der Waals surface area contributed by atoms with Crippen LogP contribution in [-0.2, 0) is 4.79 Å². The van der Waals surface area contributed by atoms with Crippen molar-refractivity contribution < 1.29 is 9.59 Å². The van der Waals surface area contributed by atoms with Crippen molar-refractivity contribution >= 4 is 29.1 Å². The summed E-state index contributed by atoms with van der Waals surface area (Å²) < 4.78 is 0. The van der Waals surface area contributed by atoms with Gasteiger partial charge < -0.3 is 10.6 Å². The molecule has 5 heteroatoms. The highest BCUT2D eigenvalue weighted by atomic mass is 35.5. The van der Waals surface area contributed by atoms with E-state index >= 15 is 0 Å². The molecule has 0 saturated heterocycles. The zero-order valence-electron chi connectivity index (χ0n) is 14.6. The van der Waals surface area contributed by atoms with Crippen molar-refractivity contribution in [3.05, 3.63) is 101 Å². The number of halogens is 1. The molecule has 2 amide bonds. The average Bonchev–Trinajstić information content (AvgIpc) is 2.70. The maximum atomic E-state index is 12.5. The highest BCUT2D eigenvalue weighted by Crippen LogP contribution is 2.19. The predicted octanol–water partition coefficient (Wildman–Crippen LogP) is 4.84. The Balaban J connectivity index is 1.73. The number of nitrogens with one attached hydrogen (secondary N) is 2. The number of anilines is 1. The average molecular weight is 379 g/mol. The van der Waals surface area contributed by atoms with Gasteiger partial charge in [0.25, 0.3) is 5.91 Å². The Kier molecular flexibility index (Phi) is 6.23. The van der Waals surface area contributed by atoms with Crippen LogP contribution in [0.3, 0.4) is 0 Å². The number of rotatable bonds is 6. The molecule has 0 bridgehead atoms. The molecular weight excluding hydrogens is 360 g/mol. The van der Waals surface area contributed by atoms with Gasteiger partial charge in [0.2, 0.25) is 5.91 Å². The van der Waals surface area contributed by atoms with Crippen LogP contribution in [0.5, 0.6) is 0 Å². The summed E-state index contributed by atoms with van der Waals surface area (Å²) in [6.45, 7) is 0. The molecule has 4 nitrogen and oxygen atoms in total. The molecule has 0 radical (unpaired) electrons. The molecule has 2 N–H and O–H groups in total. The van der Waals surface area contributed by atoms with Crippen LogP contribution >= 0.6 is 11.6 Å². The molecule has 0 spiro atoms. The van der Waals surface area contributed by atoms with Crippen LogP contribution < -0.4 is 10.6 Å². The van der Waals surface area contributed by atoms with Crippen LogP contribution in [0, 0.1) is 0 Å². The van der Waals surface area contributed by atoms with Gasteiger partial charge in [0.15, 0.2) is 0 Å². The minimum absolute atomic E-state index is 0.116. The molecule has 0 aliphatic heterocycles. The quantitative estimate of drug-likeness (QED) is 0.644. The Morgan fingerprint density at radius 3 is 2.04 bits per heavy atom. The lowest BCUT2D eigenvalue weighted by Gasteiger charge is -2.19. The third kappa shape index (κ3) is 5.43. The summed E-state index contributed by atoms with van der Waals surface area (Å²) in [5.74, 6) is -0.414. The summed E-state index contributed by atoms with van der Waals surface area (Å²) in [5.41, 5.74) is 2.08. The Labute approximate surface area is 163 Å². The van der Waals surface area contributed by atoms with E-state index in [1.54, 1.807) is 48.5 Å². The number of carbonyl (C=O) groups is 2. The number of hydrogen-bond donors (Lipinski definition) is 2. The number of amides is 2. The smallest absolute Gasteiger partial charge is 0.251 e. The minimum atomic E-state index is -0.439. The Hall–Kier alpha value is -3.11. The lowest BCUT2D eigenvalue weighted by Crippen LogP contribution is -2.31. The van der Waals surface area contributed by atoms with Gasteiger partial charge in [-0.15, -0.1) is 0 Å². The number of benzene rings is 3. The lowest BCUT2D eigenvalue weighted by molar-refractivity contribution is -0.116. The maximum Gasteiger partial charge on any atom is 0.251 e. The van der Waals surface area contributed by atoms with Crippen molar-refractivity contribution in [2.24, 2.45) is 0 Å². The molecule has 1 atom stereocenters. The van der Waals surface area contributed by atoms with E-state index in [9.17, 15) is 9.59 Å². The van der Waals surface area contributed by atoms with Gasteiger partial charge in [-0.05, 0) is 42.0 Å². The predicted molar refractivity (Wildman–Crippen MR) is 108 cm³/mol. The zero-order valence-corrected chi connectivity index (χ0v) is 15.3. The number of hydrogen-bond acceptors (Lipinski definition) is 2. The molecule has 3 aromatic rings. The van der Waals surface area contributed by atoms with Crippen LogP contribution in [0.2, 0.25) is 5.02 Å². The van der Waals surface area contributed by atoms with Crippen molar-refractivity contribution in [2.45, 2.75) is 12.5 Å². The van der Waals surface area contributed by atoms with Gasteiger partial charge in [-0.1, -0.05) is 60.1 Å². The molecule has 0 heterocycles. The molecule has 3 rings (SSSR count). The summed E-state index contributed by atoms with van der Waals surface area (Å²) in [6.07, 6.45) is 0.116. The molecule has 0 aliphatic rings. The molecule has 0 aliphatic carbocycles. The van der Waals surface area contributed by atoms with E-state index in [0.717, 1.165) is 5.56 Å². The summed E-state index contributed by atoms with van der Waals surface area (Å²) in [5, 5.41) is 6.39. The Bertz CT molecular complexity index is 897. The van der Waals surface area contributed by atoms with Crippen LogP contribution in [-0.4, -0.2) is 11.8 Å². The van der Waals surface area contributed by atoms with E-state index in [4.69, 9.17) is 11.6 Å². The van der Waals surface area contributed by atoms with Crippen molar-refractivity contribution in [3.8, 4) is 0 Å². The summed E-state index contributed by atoms with van der Waals surface area (Å²) in [7, 11) is 0. The summed E-state index contributed by atoms with van der Waals surface area (Å²) >= 11 is 5.87. The highest BCUT2D eigenvalue weighted by molar-refractivity contribution is 6.30. The van der Waals surface area contributed by atoms with E-state index in [1.807, 2.05) is 36.4 Å². The second kappa shape index (κ2) is 9.01. The molecule has 136 valence electrons. The van der Waals surface area contributed by atoms with E-state index < -0.39 is 6.04 Å². The maximum absolute atomic E-state index is 12.5. The monoisotopic (exact) mass is 378 g/mol. The topological polar surface area (TPSA) is 58.2 Å². The van der Waals surface area contributed by atoms with Crippen LogP contribution in [0.25, 0.3) is 0 Å². The first-order chi connectivity index (χ1) is 13.1. The fraction of sp³-hybridized carbons (Fsp3) is 0.0909. The van der Waals surface area contributed by atoms with Gasteiger partial charge in [0, 0.05) is 16.3 Å². The molecule has 0 saturated carbocycles. The standard InChI is InChI=1S/C22H19ClN2O2/c23-18-11-13-19(14-12-18)24-21(26)15-20(16-7-3-1-4-8-16)25-22(27)17-9-5-2-6-10-17/h1-14,20H,15H2,(H,24,26)(H,25,27)/t20-/m0/s1. The van der Waals surface area contributed by atoms with E-state index in [2.05, 4.69) is 10.6 Å². The number of carbonyl (C=O) groups excluding carboxylic acids is 2.